The van der Waals surface area contributed by atoms with Crippen LogP contribution in [0.15, 0.2) is 23.3 Å². The number of unbranched alkanes of at least 4 members (excludes halogenated alkanes) is 10. The predicted molar refractivity (Wildman–Crippen MR) is 115 cm³/mol. The molecule has 0 bridgehead atoms. The van der Waals surface area contributed by atoms with Crippen molar-refractivity contribution in [3.05, 3.63) is 38.9 Å². The van der Waals surface area contributed by atoms with Crippen LogP contribution in [0.25, 0.3) is 0 Å². The van der Waals surface area contributed by atoms with Crippen LogP contribution in [0.1, 0.15) is 89.5 Å². The van der Waals surface area contributed by atoms with Crippen LogP contribution in [0.3, 0.4) is 0 Å². The summed E-state index contributed by atoms with van der Waals surface area (Å²) in [5.41, 5.74) is 2.78. The summed E-state index contributed by atoms with van der Waals surface area (Å²) in [4.78, 5) is 22.1. The predicted octanol–water partition coefficient (Wildman–Crippen LogP) is 6.40. The first-order chi connectivity index (χ1) is 13.5. The van der Waals surface area contributed by atoms with E-state index in [9.17, 15) is 14.9 Å². The summed E-state index contributed by atoms with van der Waals surface area (Å²) in [6.07, 6.45) is 15.4. The highest BCUT2D eigenvalue weighted by Crippen LogP contribution is 2.24. The summed E-state index contributed by atoms with van der Waals surface area (Å²) >= 11 is 5.76. The molecule has 1 N–H and O–H groups in total. The summed E-state index contributed by atoms with van der Waals surface area (Å²) in [6.45, 7) is 2.24. The molecule has 0 saturated carbocycles. The van der Waals surface area contributed by atoms with Gasteiger partial charge in [0.1, 0.15) is 5.02 Å². The van der Waals surface area contributed by atoms with Gasteiger partial charge in [0, 0.05) is 18.1 Å². The van der Waals surface area contributed by atoms with Crippen molar-refractivity contribution in [2.24, 2.45) is 5.10 Å². The van der Waals surface area contributed by atoms with Gasteiger partial charge in [0.05, 0.1) is 11.1 Å². The summed E-state index contributed by atoms with van der Waals surface area (Å²) < 4.78 is 0. The van der Waals surface area contributed by atoms with E-state index in [4.69, 9.17) is 11.6 Å². The number of amides is 1. The topological polar surface area (TPSA) is 84.6 Å². The number of nitro benzene ring substituents is 1. The Morgan fingerprint density at radius 3 is 2.21 bits per heavy atom. The molecule has 0 aromatic heterocycles. The number of benzene rings is 1. The fourth-order valence-corrected chi connectivity index (χ4v) is 3.12. The molecule has 0 radical (unpaired) electrons. The Bertz CT molecular complexity index is 635. The lowest BCUT2D eigenvalue weighted by atomic mass is 10.1. The Morgan fingerprint density at radius 1 is 1.07 bits per heavy atom. The largest absolute Gasteiger partial charge is 0.288 e. The zero-order valence-corrected chi connectivity index (χ0v) is 17.5. The van der Waals surface area contributed by atoms with Crippen molar-refractivity contribution < 1.29 is 9.72 Å². The molecule has 28 heavy (non-hydrogen) atoms. The van der Waals surface area contributed by atoms with Gasteiger partial charge in [-0.05, 0) is 12.5 Å². The van der Waals surface area contributed by atoms with E-state index in [1.165, 1.54) is 76.1 Å². The quantitative estimate of drug-likeness (QED) is 0.157. The number of hydrogen-bond acceptors (Lipinski definition) is 4. The average Bonchev–Trinajstić information content (AvgIpc) is 2.67. The van der Waals surface area contributed by atoms with Crippen molar-refractivity contribution in [3.63, 3.8) is 0 Å². The number of nitrogens with zero attached hydrogens (tertiary/aromatic N) is 2. The van der Waals surface area contributed by atoms with Gasteiger partial charge in [-0.15, -0.1) is 0 Å². The van der Waals surface area contributed by atoms with E-state index in [1.54, 1.807) is 6.07 Å². The first-order valence-electron chi connectivity index (χ1n) is 10.3. The van der Waals surface area contributed by atoms with Gasteiger partial charge < -0.3 is 0 Å². The van der Waals surface area contributed by atoms with Crippen LogP contribution < -0.4 is 5.43 Å². The van der Waals surface area contributed by atoms with Crippen LogP contribution in [-0.2, 0) is 4.79 Å². The molecule has 0 spiro atoms. The fraction of sp³-hybridized carbons (Fsp3) is 0.619. The Labute approximate surface area is 172 Å². The molecule has 1 rings (SSSR count). The molecule has 156 valence electrons. The molecule has 6 nitrogen and oxygen atoms in total. The molecule has 0 fully saturated rings. The fourth-order valence-electron chi connectivity index (χ4n) is 2.93. The second-order valence-corrected chi connectivity index (χ2v) is 7.45. The Balaban J connectivity index is 2.09. The van der Waals surface area contributed by atoms with E-state index in [1.807, 2.05) is 0 Å². The SMILES string of the molecule is CCCCCCCCCCCCCC(=O)N/N=C/c1ccc(Cl)c([N+](=O)[O-])c1. The van der Waals surface area contributed by atoms with Crippen LogP contribution in [0, 0.1) is 10.1 Å². The van der Waals surface area contributed by atoms with Gasteiger partial charge >= 0.3 is 0 Å². The van der Waals surface area contributed by atoms with Crippen LogP contribution >= 0.6 is 11.6 Å². The van der Waals surface area contributed by atoms with Crippen LogP contribution in [0.2, 0.25) is 5.02 Å². The third kappa shape index (κ3) is 11.0. The summed E-state index contributed by atoms with van der Waals surface area (Å²) in [5, 5.41) is 14.8. The maximum absolute atomic E-state index is 11.8. The minimum absolute atomic E-state index is 0.0719. The van der Waals surface area contributed by atoms with Crippen molar-refractivity contribution in [1.82, 2.24) is 5.43 Å². The summed E-state index contributed by atoms with van der Waals surface area (Å²) in [5.74, 6) is -0.143. The maximum Gasteiger partial charge on any atom is 0.288 e. The second kappa shape index (κ2) is 15.0. The van der Waals surface area contributed by atoms with Gasteiger partial charge in [0.15, 0.2) is 0 Å². The molecule has 0 aliphatic heterocycles. The number of rotatable bonds is 15. The highest BCUT2D eigenvalue weighted by Gasteiger charge is 2.11. The Morgan fingerprint density at radius 2 is 1.64 bits per heavy atom. The number of hydrogen-bond donors (Lipinski definition) is 1. The van der Waals surface area contributed by atoms with Crippen molar-refractivity contribution in [2.75, 3.05) is 0 Å². The standard InChI is InChI=1S/C21H32ClN3O3/c1-2-3-4-5-6-7-8-9-10-11-12-13-21(26)24-23-17-18-14-15-19(22)20(16-18)25(27)28/h14-17H,2-13H2,1H3,(H,24,26)/b23-17+. The number of nitro groups is 1. The number of carbonyl (C=O) groups excluding carboxylic acids is 1. The molecule has 1 aromatic carbocycles. The lowest BCUT2D eigenvalue weighted by Gasteiger charge is -2.03. The van der Waals surface area contributed by atoms with Gasteiger partial charge in [0.2, 0.25) is 5.91 Å². The highest BCUT2D eigenvalue weighted by molar-refractivity contribution is 6.32. The van der Waals surface area contributed by atoms with Crippen molar-refractivity contribution in [3.8, 4) is 0 Å². The molecule has 0 aliphatic rings. The Hall–Kier alpha value is -1.95. The van der Waals surface area contributed by atoms with E-state index in [-0.39, 0.29) is 16.6 Å². The van der Waals surface area contributed by atoms with Crippen molar-refractivity contribution in [1.29, 1.82) is 0 Å². The van der Waals surface area contributed by atoms with Crippen molar-refractivity contribution >= 4 is 29.4 Å². The minimum Gasteiger partial charge on any atom is -0.273 e. The number of carbonyl (C=O) groups is 1. The van der Waals surface area contributed by atoms with Crippen molar-refractivity contribution in [2.45, 2.75) is 84.0 Å². The monoisotopic (exact) mass is 409 g/mol. The van der Waals surface area contributed by atoms with E-state index in [0.29, 0.717) is 12.0 Å². The van der Waals surface area contributed by atoms with Gasteiger partial charge in [-0.1, -0.05) is 88.8 Å². The highest BCUT2D eigenvalue weighted by atomic mass is 35.5. The van der Waals surface area contributed by atoms with Gasteiger partial charge in [-0.25, -0.2) is 5.43 Å². The molecular formula is C21H32ClN3O3. The molecule has 0 saturated heterocycles. The van der Waals surface area contributed by atoms with Crippen LogP contribution in [0.4, 0.5) is 5.69 Å². The maximum atomic E-state index is 11.8. The van der Waals surface area contributed by atoms with Gasteiger partial charge in [-0.3, -0.25) is 14.9 Å². The van der Waals surface area contributed by atoms with E-state index >= 15 is 0 Å². The van der Waals surface area contributed by atoms with E-state index in [2.05, 4.69) is 17.5 Å². The van der Waals surface area contributed by atoms with Gasteiger partial charge in [0.25, 0.3) is 5.69 Å². The summed E-state index contributed by atoms with van der Waals surface area (Å²) in [6, 6.07) is 4.37. The van der Waals surface area contributed by atoms with Crippen LogP contribution in [-0.4, -0.2) is 17.0 Å². The molecule has 0 heterocycles. The molecule has 0 aliphatic carbocycles. The average molecular weight is 410 g/mol. The van der Waals surface area contributed by atoms with Crippen LogP contribution in [0.5, 0.6) is 0 Å². The molecule has 7 heteroatoms. The number of halogens is 1. The zero-order chi connectivity index (χ0) is 20.6. The zero-order valence-electron chi connectivity index (χ0n) is 16.8. The third-order valence-electron chi connectivity index (χ3n) is 4.58. The molecule has 1 aromatic rings. The molecule has 0 atom stereocenters. The lowest BCUT2D eigenvalue weighted by molar-refractivity contribution is -0.384. The smallest absolute Gasteiger partial charge is 0.273 e. The lowest BCUT2D eigenvalue weighted by Crippen LogP contribution is -2.16. The second-order valence-electron chi connectivity index (χ2n) is 7.05. The first-order valence-corrected chi connectivity index (χ1v) is 10.7. The number of hydrazone groups is 1. The number of nitrogens with one attached hydrogen (secondary N) is 1. The summed E-state index contributed by atoms with van der Waals surface area (Å²) in [7, 11) is 0. The van der Waals surface area contributed by atoms with E-state index in [0.717, 1.165) is 12.8 Å². The Kier molecular flexibility index (Phi) is 12.9. The van der Waals surface area contributed by atoms with E-state index < -0.39 is 4.92 Å². The first kappa shape index (κ1) is 24.1. The van der Waals surface area contributed by atoms with Gasteiger partial charge in [-0.2, -0.15) is 5.10 Å². The normalized spacial score (nSPS) is 11.1. The molecule has 0 unspecified atom stereocenters. The minimum atomic E-state index is -0.551. The molecular weight excluding hydrogens is 378 g/mol. The third-order valence-corrected chi connectivity index (χ3v) is 4.90. The molecule has 1 amide bonds.